The molecule has 0 radical (unpaired) electrons. The summed E-state index contributed by atoms with van der Waals surface area (Å²) in [5.74, 6) is -0.457. The number of carbonyl (C=O) groups excluding carboxylic acids is 1. The van der Waals surface area contributed by atoms with Crippen molar-refractivity contribution in [3.05, 3.63) is 39.4 Å². The molecular weight excluding hydrogens is 276 g/mol. The number of aliphatic hydroxyl groups excluding tert-OH is 1. The van der Waals surface area contributed by atoms with Crippen LogP contribution in [-0.2, 0) is 9.53 Å². The van der Waals surface area contributed by atoms with Crippen LogP contribution in [0.4, 0.5) is 5.69 Å². The average Bonchev–Trinajstić information content (AvgIpc) is 2.46. The van der Waals surface area contributed by atoms with E-state index >= 15 is 0 Å². The van der Waals surface area contributed by atoms with Crippen molar-refractivity contribution in [1.29, 1.82) is 0 Å². The lowest BCUT2D eigenvalue weighted by Crippen LogP contribution is -2.37. The van der Waals surface area contributed by atoms with E-state index < -0.39 is 23.0 Å². The average molecular weight is 296 g/mol. The number of benzene rings is 1. The van der Waals surface area contributed by atoms with E-state index in [9.17, 15) is 20.0 Å². The molecule has 2 unspecified atom stereocenters. The van der Waals surface area contributed by atoms with Crippen LogP contribution in [-0.4, -0.2) is 35.7 Å². The maximum absolute atomic E-state index is 11.4. The van der Waals surface area contributed by atoms with Crippen LogP contribution in [0.25, 0.3) is 0 Å². The summed E-state index contributed by atoms with van der Waals surface area (Å²) in [4.78, 5) is 21.8. The number of ether oxygens (including phenoxy) is 1. The van der Waals surface area contributed by atoms with E-state index in [0.29, 0.717) is 17.7 Å². The van der Waals surface area contributed by atoms with Gasteiger partial charge in [-0.15, -0.1) is 0 Å². The van der Waals surface area contributed by atoms with Gasteiger partial charge in [0.1, 0.15) is 0 Å². The smallest absolute Gasteiger partial charge is 0.307 e. The van der Waals surface area contributed by atoms with Gasteiger partial charge in [-0.05, 0) is 19.0 Å². The van der Waals surface area contributed by atoms with Crippen molar-refractivity contribution in [3.8, 4) is 0 Å². The molecule has 2 N–H and O–H groups in total. The van der Waals surface area contributed by atoms with Crippen LogP contribution in [0.2, 0.25) is 0 Å². The van der Waals surface area contributed by atoms with Crippen LogP contribution in [0.3, 0.4) is 0 Å². The molecule has 0 spiro atoms. The van der Waals surface area contributed by atoms with Crippen LogP contribution in [0.15, 0.2) is 18.2 Å². The topological polar surface area (TPSA) is 102 Å². The molecule has 0 saturated carbocycles. The maximum Gasteiger partial charge on any atom is 0.307 e. The van der Waals surface area contributed by atoms with Crippen molar-refractivity contribution in [3.63, 3.8) is 0 Å². The number of likely N-dealkylation sites (N-methyl/N-ethyl adjacent to an activating group) is 1. The fourth-order valence-corrected chi connectivity index (χ4v) is 2.06. The predicted octanol–water partition coefficient (Wildman–Crippen LogP) is 1.48. The van der Waals surface area contributed by atoms with Crippen LogP contribution in [0.1, 0.15) is 30.6 Å². The summed E-state index contributed by atoms with van der Waals surface area (Å²) < 4.78 is 4.60. The van der Waals surface area contributed by atoms with Crippen LogP contribution < -0.4 is 5.32 Å². The third-order valence-electron chi connectivity index (χ3n) is 3.23. The first-order valence-corrected chi connectivity index (χ1v) is 6.63. The summed E-state index contributed by atoms with van der Waals surface area (Å²) in [5.41, 5.74) is 0.853. The highest BCUT2D eigenvalue weighted by molar-refractivity contribution is 5.70. The molecular formula is C14H20N2O5. The number of nitrogens with one attached hydrogen (secondary N) is 1. The lowest BCUT2D eigenvalue weighted by Gasteiger charge is -2.23. The third kappa shape index (κ3) is 4.51. The fraction of sp³-hybridized carbons (Fsp3) is 0.500. The molecule has 7 nitrogen and oxygen atoms in total. The minimum atomic E-state index is -1.04. The molecule has 0 heterocycles. The second-order valence-electron chi connectivity index (χ2n) is 4.69. The minimum Gasteiger partial charge on any atom is -0.469 e. The minimum absolute atomic E-state index is 0.0207. The van der Waals surface area contributed by atoms with Crippen LogP contribution >= 0.6 is 0 Å². The largest absolute Gasteiger partial charge is 0.469 e. The molecule has 0 aliphatic heterocycles. The summed E-state index contributed by atoms with van der Waals surface area (Å²) in [5, 5.41) is 24.3. The molecule has 0 aliphatic rings. The van der Waals surface area contributed by atoms with E-state index in [1.165, 1.54) is 13.2 Å². The second-order valence-corrected chi connectivity index (χ2v) is 4.69. The van der Waals surface area contributed by atoms with E-state index in [1.54, 1.807) is 19.1 Å². The standard InChI is InChI=1S/C14H20N2O5/c1-4-15-11(8-13(17)21-3)14(18)10-6-5-9(2)12(7-10)16(19)20/h5-7,11,14-15,18H,4,8H2,1-3H3. The number of methoxy groups -OCH3 is 1. The Morgan fingerprint density at radius 2 is 2.19 bits per heavy atom. The van der Waals surface area contributed by atoms with Gasteiger partial charge >= 0.3 is 5.97 Å². The Balaban J connectivity index is 3.02. The molecule has 1 aromatic rings. The van der Waals surface area contributed by atoms with Gasteiger partial charge in [-0.25, -0.2) is 0 Å². The molecule has 0 saturated heterocycles. The lowest BCUT2D eigenvalue weighted by atomic mass is 9.98. The normalized spacial score (nSPS) is 13.5. The van der Waals surface area contributed by atoms with Gasteiger partial charge in [0.2, 0.25) is 0 Å². The number of aryl methyl sites for hydroxylation is 1. The van der Waals surface area contributed by atoms with Gasteiger partial charge < -0.3 is 15.2 Å². The number of rotatable bonds is 7. The quantitative estimate of drug-likeness (QED) is 0.449. The number of nitro benzene ring substituents is 1. The van der Waals surface area contributed by atoms with Crippen molar-refractivity contribution < 1.29 is 19.6 Å². The Bertz CT molecular complexity index is 518. The highest BCUT2D eigenvalue weighted by Gasteiger charge is 2.25. The van der Waals surface area contributed by atoms with Gasteiger partial charge in [-0.2, -0.15) is 0 Å². The van der Waals surface area contributed by atoms with E-state index in [0.717, 1.165) is 0 Å². The number of esters is 1. The first kappa shape index (κ1) is 17.1. The molecule has 0 fully saturated rings. The molecule has 7 heteroatoms. The second kappa shape index (κ2) is 7.70. The van der Waals surface area contributed by atoms with E-state index in [1.807, 2.05) is 6.92 Å². The van der Waals surface area contributed by atoms with Crippen molar-refractivity contribution in [2.24, 2.45) is 0 Å². The lowest BCUT2D eigenvalue weighted by molar-refractivity contribution is -0.385. The molecule has 1 aromatic carbocycles. The van der Waals surface area contributed by atoms with Gasteiger partial charge in [0.25, 0.3) is 5.69 Å². The number of aliphatic hydroxyl groups is 1. The summed E-state index contributed by atoms with van der Waals surface area (Å²) in [6.45, 7) is 4.02. The molecule has 21 heavy (non-hydrogen) atoms. The number of carbonyl (C=O) groups is 1. The Morgan fingerprint density at radius 1 is 1.52 bits per heavy atom. The highest BCUT2D eigenvalue weighted by Crippen LogP contribution is 2.26. The molecule has 0 bridgehead atoms. The predicted molar refractivity (Wildman–Crippen MR) is 76.9 cm³/mol. The van der Waals surface area contributed by atoms with Crippen LogP contribution in [0.5, 0.6) is 0 Å². The number of hydrogen-bond acceptors (Lipinski definition) is 6. The van der Waals surface area contributed by atoms with E-state index in [4.69, 9.17) is 0 Å². The zero-order chi connectivity index (χ0) is 16.0. The zero-order valence-electron chi connectivity index (χ0n) is 12.3. The Kier molecular flexibility index (Phi) is 6.26. The number of nitrogens with zero attached hydrogens (tertiary/aromatic N) is 1. The first-order valence-electron chi connectivity index (χ1n) is 6.63. The number of nitro groups is 1. The number of hydrogen-bond donors (Lipinski definition) is 2. The van der Waals surface area contributed by atoms with E-state index in [2.05, 4.69) is 10.1 Å². The summed E-state index contributed by atoms with van der Waals surface area (Å²) in [7, 11) is 1.27. The van der Waals surface area contributed by atoms with Gasteiger partial charge in [0, 0.05) is 17.7 Å². The Morgan fingerprint density at radius 3 is 2.71 bits per heavy atom. The summed E-state index contributed by atoms with van der Waals surface area (Å²) in [6.07, 6.45) is -1.06. The zero-order valence-corrected chi connectivity index (χ0v) is 12.3. The Hall–Kier alpha value is -1.99. The van der Waals surface area contributed by atoms with Crippen molar-refractivity contribution in [1.82, 2.24) is 5.32 Å². The molecule has 2 atom stereocenters. The molecule has 0 amide bonds. The highest BCUT2D eigenvalue weighted by atomic mass is 16.6. The van der Waals surface area contributed by atoms with Crippen molar-refractivity contribution in [2.75, 3.05) is 13.7 Å². The molecule has 0 aliphatic carbocycles. The first-order chi connectivity index (χ1) is 9.90. The Labute approximate surface area is 123 Å². The van der Waals surface area contributed by atoms with Crippen molar-refractivity contribution >= 4 is 11.7 Å². The van der Waals surface area contributed by atoms with E-state index in [-0.39, 0.29) is 12.1 Å². The van der Waals surface area contributed by atoms with Gasteiger partial charge in [-0.3, -0.25) is 14.9 Å². The van der Waals surface area contributed by atoms with Crippen molar-refractivity contribution in [2.45, 2.75) is 32.4 Å². The summed E-state index contributed by atoms with van der Waals surface area (Å²) in [6, 6.07) is 3.97. The third-order valence-corrected chi connectivity index (χ3v) is 3.23. The van der Waals surface area contributed by atoms with Gasteiger partial charge in [-0.1, -0.05) is 19.1 Å². The molecule has 116 valence electrons. The monoisotopic (exact) mass is 296 g/mol. The summed E-state index contributed by atoms with van der Waals surface area (Å²) >= 11 is 0. The molecule has 1 rings (SSSR count). The maximum atomic E-state index is 11.4. The van der Waals surface area contributed by atoms with Gasteiger partial charge in [0.15, 0.2) is 0 Å². The van der Waals surface area contributed by atoms with Crippen LogP contribution in [0, 0.1) is 17.0 Å². The SMILES string of the molecule is CCNC(CC(=O)OC)C(O)c1ccc(C)c([N+](=O)[O-])c1. The van der Waals surface area contributed by atoms with Gasteiger partial charge in [0.05, 0.1) is 24.6 Å². The fourth-order valence-electron chi connectivity index (χ4n) is 2.06. The molecule has 0 aromatic heterocycles.